The number of halogens is 2. The molecule has 0 saturated carbocycles. The Hall–Kier alpha value is -1.18. The molecule has 5 rings (SSSR count). The number of hydrogen-bond acceptors (Lipinski definition) is 0. The van der Waals surface area contributed by atoms with Crippen LogP contribution in [0.2, 0.25) is 13.1 Å². The maximum absolute atomic E-state index is 8.08. The first-order valence-electron chi connectivity index (χ1n) is 12.0. The molecule has 2 aliphatic carbocycles. The van der Waals surface area contributed by atoms with Gasteiger partial charge in [-0.15, -0.1) is 0 Å². The van der Waals surface area contributed by atoms with E-state index in [0.717, 1.165) is 6.42 Å². The predicted octanol–water partition coefficient (Wildman–Crippen LogP) is 9.12. The van der Waals surface area contributed by atoms with Crippen molar-refractivity contribution in [1.29, 1.82) is 0 Å². The van der Waals surface area contributed by atoms with Crippen LogP contribution in [0.25, 0.3) is 23.3 Å². The van der Waals surface area contributed by atoms with Crippen LogP contribution in [0.3, 0.4) is 0 Å². The van der Waals surface area contributed by atoms with Crippen LogP contribution in [-0.2, 0) is 22.0 Å². The summed E-state index contributed by atoms with van der Waals surface area (Å²) in [7, 11) is 16.2. The van der Waals surface area contributed by atoms with Crippen molar-refractivity contribution in [3.63, 3.8) is 0 Å². The van der Waals surface area contributed by atoms with Gasteiger partial charge in [-0.3, -0.25) is 0 Å². The molecule has 0 amide bonds. The Bertz CT molecular complexity index is 1290. The maximum atomic E-state index is 8.08. The van der Waals surface area contributed by atoms with E-state index in [1.165, 1.54) is 44.5 Å². The zero-order valence-corrected chi connectivity index (χ0v) is 24.9. The van der Waals surface area contributed by atoms with Gasteiger partial charge in [-0.1, -0.05) is 0 Å². The monoisotopic (exact) mass is 567 g/mol. The normalized spacial score (nSPS) is 20.3. The molecule has 0 nitrogen and oxygen atoms in total. The second-order valence-electron chi connectivity index (χ2n) is 10.0. The summed E-state index contributed by atoms with van der Waals surface area (Å²) < 4.78 is 0.330. The van der Waals surface area contributed by atoms with Crippen LogP contribution in [0, 0.1) is 0 Å². The van der Waals surface area contributed by atoms with Crippen LogP contribution in [-0.4, -0.2) is 5.92 Å². The minimum atomic E-state index is -4.42. The number of rotatable bonds is 5. The number of benzene rings is 3. The summed E-state index contributed by atoms with van der Waals surface area (Å²) in [5.74, 6) is -1.43. The van der Waals surface area contributed by atoms with Crippen molar-refractivity contribution in [2.24, 2.45) is 0 Å². The van der Waals surface area contributed by atoms with E-state index in [2.05, 4.69) is 112 Å². The number of fused-ring (bicyclic) bond motifs is 2. The Balaban J connectivity index is 1.68. The second-order valence-corrected chi connectivity index (χ2v) is 52.6. The van der Waals surface area contributed by atoms with Gasteiger partial charge < -0.3 is 0 Å². The molecule has 0 radical (unpaired) electrons. The number of hydrogen-bond donors (Lipinski definition) is 0. The van der Waals surface area contributed by atoms with Crippen LogP contribution in [0.15, 0.2) is 78.4 Å². The number of allylic oxidation sites excluding steroid dienone is 2. The molecule has 0 saturated heterocycles. The van der Waals surface area contributed by atoms with E-state index in [0.29, 0.717) is 0 Å². The third-order valence-corrected chi connectivity index (χ3v) is 60.2. The molecule has 4 heteroatoms. The molecule has 3 aromatic rings. The minimum absolute atomic E-state index is 0.159. The molecule has 2 aliphatic rings. The second kappa shape index (κ2) is 8.49. The van der Waals surface area contributed by atoms with Crippen molar-refractivity contribution in [1.82, 2.24) is 0 Å². The average molecular weight is 570 g/mol. The van der Waals surface area contributed by atoms with Gasteiger partial charge in [0.15, 0.2) is 0 Å². The Morgan fingerprint density at radius 3 is 2.27 bits per heavy atom. The van der Waals surface area contributed by atoms with Gasteiger partial charge in [0.2, 0.25) is 0 Å². The first-order valence-corrected chi connectivity index (χ1v) is 28.3. The molecule has 0 aromatic heterocycles. The van der Waals surface area contributed by atoms with Crippen molar-refractivity contribution < 1.29 is 15.6 Å². The van der Waals surface area contributed by atoms with E-state index in [4.69, 9.17) is 17.0 Å². The quantitative estimate of drug-likeness (QED) is 0.269. The molecule has 0 aliphatic heterocycles. The zero-order chi connectivity index (χ0) is 23.4. The summed E-state index contributed by atoms with van der Waals surface area (Å²) in [5, 5.41) is 0. The fraction of sp³-hybridized carbons (Fsp3) is 0.241. The molecule has 2 unspecified atom stereocenters. The molecule has 3 aromatic carbocycles. The molecule has 0 spiro atoms. The summed E-state index contributed by atoms with van der Waals surface area (Å²) in [6, 6.07) is 24.4. The van der Waals surface area contributed by atoms with Gasteiger partial charge in [-0.2, -0.15) is 0 Å². The van der Waals surface area contributed by atoms with Crippen LogP contribution < -0.4 is 0 Å². The molecule has 0 bridgehead atoms. The van der Waals surface area contributed by atoms with Crippen molar-refractivity contribution in [2.75, 3.05) is 0 Å². The van der Waals surface area contributed by atoms with E-state index in [1.807, 2.05) is 0 Å². The van der Waals surface area contributed by atoms with E-state index >= 15 is 0 Å². The molecule has 2 atom stereocenters. The van der Waals surface area contributed by atoms with Crippen molar-refractivity contribution in [3.8, 4) is 11.1 Å². The van der Waals surface area contributed by atoms with Gasteiger partial charge >= 0.3 is 209 Å². The summed E-state index contributed by atoms with van der Waals surface area (Å²) in [4.78, 5) is 0. The third kappa shape index (κ3) is 3.56. The van der Waals surface area contributed by atoms with Gasteiger partial charge in [-0.05, 0) is 0 Å². The molecular weight excluding hydrogens is 539 g/mol. The Kier molecular flexibility index (Phi) is 6.06. The van der Waals surface area contributed by atoms with E-state index in [9.17, 15) is 0 Å². The molecular formula is C29H31Cl2SiZr. The molecule has 0 heterocycles. The summed E-state index contributed by atoms with van der Waals surface area (Å²) in [6.45, 7) is 9.23. The first kappa shape index (κ1) is 23.6. The SMILES string of the molecule is CCc1ccc(-c2cccc3c2C=C(C)[CH]3[Zr]([Cl])([Cl])([CH]2C=Cc3ccccc32)[SiH](C)C)cc1. The predicted molar refractivity (Wildman–Crippen MR) is 146 cm³/mol. The third-order valence-electron chi connectivity index (χ3n) is 8.00. The van der Waals surface area contributed by atoms with Crippen molar-refractivity contribution >= 4 is 35.1 Å². The Morgan fingerprint density at radius 2 is 1.58 bits per heavy atom. The Morgan fingerprint density at radius 1 is 0.879 bits per heavy atom. The van der Waals surface area contributed by atoms with Gasteiger partial charge in [0, 0.05) is 0 Å². The van der Waals surface area contributed by atoms with E-state index in [1.54, 1.807) is 0 Å². The zero-order valence-electron chi connectivity index (χ0n) is 19.8. The van der Waals surface area contributed by atoms with Crippen LogP contribution in [0.4, 0.5) is 0 Å². The summed E-state index contributed by atoms with van der Waals surface area (Å²) in [5.41, 5.74) is 10.5. The van der Waals surface area contributed by atoms with E-state index < -0.39 is 21.5 Å². The van der Waals surface area contributed by atoms with E-state index in [-0.39, 0.29) is 7.25 Å². The van der Waals surface area contributed by atoms with Gasteiger partial charge in [0.05, 0.1) is 0 Å². The van der Waals surface area contributed by atoms with Gasteiger partial charge in [0.1, 0.15) is 0 Å². The fourth-order valence-corrected chi connectivity index (χ4v) is 36.2. The van der Waals surface area contributed by atoms with Crippen LogP contribution in [0.1, 0.15) is 48.9 Å². The average Bonchev–Trinajstić information content (AvgIpc) is 3.40. The van der Waals surface area contributed by atoms with Crippen molar-refractivity contribution in [2.45, 2.75) is 40.6 Å². The molecule has 0 fully saturated rings. The molecule has 33 heavy (non-hydrogen) atoms. The fourth-order valence-electron chi connectivity index (χ4n) is 6.06. The summed E-state index contributed by atoms with van der Waals surface area (Å²) >= 11 is -4.42. The van der Waals surface area contributed by atoms with Crippen LogP contribution >= 0.6 is 17.0 Å². The number of aryl methyl sites for hydroxylation is 1. The van der Waals surface area contributed by atoms with Crippen molar-refractivity contribution in [3.05, 3.63) is 106 Å². The van der Waals surface area contributed by atoms with Crippen LogP contribution in [0.5, 0.6) is 0 Å². The standard InChI is InChI=1S/C18H17.C9H7.C2H7Si.2ClH.Zr/c1-3-14-7-9-15(10-8-14)17-6-4-5-16-11-13(2)12-18(16)17;1-2-5-9-7-3-6-8(9)4-1;1-3-2;;;/h4-12H,3H2,1-2H3;1-7H;3H,1-2H3;2*1H;/q;;;;;+2/p-2. The summed E-state index contributed by atoms with van der Waals surface area (Å²) in [6.07, 6.45) is 8.01. The van der Waals surface area contributed by atoms with Gasteiger partial charge in [-0.25, -0.2) is 0 Å². The van der Waals surface area contributed by atoms with Gasteiger partial charge in [0.25, 0.3) is 0 Å². The topological polar surface area (TPSA) is 0 Å². The molecule has 0 N–H and O–H groups in total. The molecule has 169 valence electrons. The first-order chi connectivity index (χ1) is 15.7. The Labute approximate surface area is 207 Å².